The second kappa shape index (κ2) is 4.97. The van der Waals surface area contributed by atoms with Gasteiger partial charge in [-0.15, -0.1) is 0 Å². The van der Waals surface area contributed by atoms with Gasteiger partial charge in [-0.2, -0.15) is 0 Å². The highest BCUT2D eigenvalue weighted by Crippen LogP contribution is 2.19. The largest absolute Gasteiger partial charge is 0.339 e. The maximum absolute atomic E-state index is 12.2. The van der Waals surface area contributed by atoms with Crippen LogP contribution in [-0.2, 0) is 4.79 Å². The Hall–Kier alpha value is -0.570. The molecule has 2 saturated heterocycles. The summed E-state index contributed by atoms with van der Waals surface area (Å²) >= 11 is 0. The van der Waals surface area contributed by atoms with E-state index in [0.29, 0.717) is 11.9 Å². The van der Waals surface area contributed by atoms with Gasteiger partial charge in [-0.1, -0.05) is 12.8 Å². The molecule has 0 saturated carbocycles. The lowest BCUT2D eigenvalue weighted by atomic mass is 10.1. The minimum absolute atomic E-state index is 0.116. The van der Waals surface area contributed by atoms with Crippen molar-refractivity contribution >= 4 is 5.91 Å². The Kier molecular flexibility index (Phi) is 3.62. The Balaban J connectivity index is 1.96. The zero-order valence-electron chi connectivity index (χ0n) is 9.67. The van der Waals surface area contributed by atoms with E-state index in [0.717, 1.165) is 25.9 Å². The van der Waals surface area contributed by atoms with Crippen molar-refractivity contribution < 1.29 is 4.79 Å². The summed E-state index contributed by atoms with van der Waals surface area (Å²) < 4.78 is 0. The van der Waals surface area contributed by atoms with Gasteiger partial charge in [0.25, 0.3) is 0 Å². The standard InChI is InChI=1S/C12H22N2O/c1-10-6-3-2-4-9-14(10)12(15)11-7-5-8-13-11/h10-11,13H,2-9H2,1H3/t10?,11-/m0/s1. The normalized spacial score (nSPS) is 32.7. The van der Waals surface area contributed by atoms with E-state index in [2.05, 4.69) is 17.1 Å². The molecule has 0 aromatic carbocycles. The number of likely N-dealkylation sites (tertiary alicyclic amines) is 1. The first-order chi connectivity index (χ1) is 7.29. The molecular weight excluding hydrogens is 188 g/mol. The molecule has 3 heteroatoms. The van der Waals surface area contributed by atoms with E-state index in [-0.39, 0.29) is 6.04 Å². The van der Waals surface area contributed by atoms with E-state index in [1.165, 1.54) is 25.7 Å². The van der Waals surface area contributed by atoms with Crippen LogP contribution in [0.25, 0.3) is 0 Å². The van der Waals surface area contributed by atoms with Crippen molar-refractivity contribution in [2.24, 2.45) is 0 Å². The van der Waals surface area contributed by atoms with Gasteiger partial charge in [-0.05, 0) is 39.2 Å². The van der Waals surface area contributed by atoms with Crippen LogP contribution in [0.5, 0.6) is 0 Å². The monoisotopic (exact) mass is 210 g/mol. The van der Waals surface area contributed by atoms with Crippen molar-refractivity contribution in [2.45, 2.75) is 57.5 Å². The number of nitrogens with zero attached hydrogens (tertiary/aromatic N) is 1. The Morgan fingerprint density at radius 1 is 1.20 bits per heavy atom. The third kappa shape index (κ3) is 2.51. The zero-order chi connectivity index (χ0) is 10.7. The molecule has 2 heterocycles. The fourth-order valence-corrected chi connectivity index (χ4v) is 2.70. The molecule has 2 rings (SSSR count). The molecule has 2 atom stereocenters. The molecule has 1 N–H and O–H groups in total. The molecule has 0 aromatic heterocycles. The molecule has 0 radical (unpaired) electrons. The van der Waals surface area contributed by atoms with Crippen LogP contribution >= 0.6 is 0 Å². The lowest BCUT2D eigenvalue weighted by Crippen LogP contribution is -2.47. The highest BCUT2D eigenvalue weighted by atomic mass is 16.2. The summed E-state index contributed by atoms with van der Waals surface area (Å²) in [6, 6.07) is 0.563. The fraction of sp³-hybridized carbons (Fsp3) is 0.917. The van der Waals surface area contributed by atoms with E-state index in [1.54, 1.807) is 0 Å². The van der Waals surface area contributed by atoms with Crippen LogP contribution < -0.4 is 5.32 Å². The summed E-state index contributed by atoms with van der Waals surface area (Å²) in [5, 5.41) is 3.30. The predicted octanol–water partition coefficient (Wildman–Crippen LogP) is 1.53. The summed E-state index contributed by atoms with van der Waals surface area (Å²) in [6.45, 7) is 4.18. The van der Waals surface area contributed by atoms with Crippen LogP contribution in [0.1, 0.15) is 45.4 Å². The van der Waals surface area contributed by atoms with Gasteiger partial charge in [0.05, 0.1) is 6.04 Å². The topological polar surface area (TPSA) is 32.3 Å². The number of carbonyl (C=O) groups excluding carboxylic acids is 1. The molecule has 0 aromatic rings. The van der Waals surface area contributed by atoms with Gasteiger partial charge in [-0.3, -0.25) is 4.79 Å². The quantitative estimate of drug-likeness (QED) is 0.712. The van der Waals surface area contributed by atoms with E-state index in [1.807, 2.05) is 0 Å². The average Bonchev–Trinajstić information content (AvgIpc) is 2.68. The summed E-state index contributed by atoms with van der Waals surface area (Å²) in [7, 11) is 0. The van der Waals surface area contributed by atoms with Crippen LogP contribution in [0.3, 0.4) is 0 Å². The molecule has 3 nitrogen and oxygen atoms in total. The molecule has 2 aliphatic rings. The van der Waals surface area contributed by atoms with Gasteiger partial charge in [0.1, 0.15) is 0 Å². The van der Waals surface area contributed by atoms with Crippen molar-refractivity contribution in [3.05, 3.63) is 0 Å². The number of nitrogens with one attached hydrogen (secondary N) is 1. The first-order valence-electron chi connectivity index (χ1n) is 6.33. The van der Waals surface area contributed by atoms with E-state index < -0.39 is 0 Å². The Morgan fingerprint density at radius 2 is 2.07 bits per heavy atom. The van der Waals surface area contributed by atoms with Gasteiger partial charge in [-0.25, -0.2) is 0 Å². The second-order valence-corrected chi connectivity index (χ2v) is 4.88. The van der Waals surface area contributed by atoms with Gasteiger partial charge in [0.2, 0.25) is 5.91 Å². The molecule has 1 unspecified atom stereocenters. The minimum Gasteiger partial charge on any atom is -0.339 e. The Morgan fingerprint density at radius 3 is 2.80 bits per heavy atom. The zero-order valence-corrected chi connectivity index (χ0v) is 9.67. The maximum Gasteiger partial charge on any atom is 0.239 e. The molecule has 2 aliphatic heterocycles. The first kappa shape index (κ1) is 10.9. The second-order valence-electron chi connectivity index (χ2n) is 4.88. The highest BCUT2D eigenvalue weighted by Gasteiger charge is 2.29. The van der Waals surface area contributed by atoms with E-state index >= 15 is 0 Å². The van der Waals surface area contributed by atoms with Gasteiger partial charge >= 0.3 is 0 Å². The van der Waals surface area contributed by atoms with E-state index in [4.69, 9.17) is 0 Å². The van der Waals surface area contributed by atoms with Crippen molar-refractivity contribution in [2.75, 3.05) is 13.1 Å². The average molecular weight is 210 g/mol. The van der Waals surface area contributed by atoms with Crippen LogP contribution in [-0.4, -0.2) is 36.0 Å². The molecule has 0 aliphatic carbocycles. The molecule has 2 fully saturated rings. The Labute approximate surface area is 92.2 Å². The van der Waals surface area contributed by atoms with Gasteiger partial charge in [0, 0.05) is 12.6 Å². The smallest absolute Gasteiger partial charge is 0.239 e. The third-order valence-corrected chi connectivity index (χ3v) is 3.69. The Bertz CT molecular complexity index is 224. The van der Waals surface area contributed by atoms with Gasteiger partial charge < -0.3 is 10.2 Å². The van der Waals surface area contributed by atoms with Gasteiger partial charge in [0.15, 0.2) is 0 Å². The van der Waals surface area contributed by atoms with Crippen LogP contribution in [0.4, 0.5) is 0 Å². The van der Waals surface area contributed by atoms with Crippen molar-refractivity contribution in [1.82, 2.24) is 10.2 Å². The molecular formula is C12H22N2O. The third-order valence-electron chi connectivity index (χ3n) is 3.69. The molecule has 86 valence electrons. The number of hydrogen-bond donors (Lipinski definition) is 1. The molecule has 0 spiro atoms. The summed E-state index contributed by atoms with van der Waals surface area (Å²) in [4.78, 5) is 14.3. The van der Waals surface area contributed by atoms with Crippen molar-refractivity contribution in [1.29, 1.82) is 0 Å². The predicted molar refractivity (Wildman–Crippen MR) is 60.7 cm³/mol. The lowest BCUT2D eigenvalue weighted by Gasteiger charge is -2.29. The highest BCUT2D eigenvalue weighted by molar-refractivity contribution is 5.82. The molecule has 1 amide bonds. The van der Waals surface area contributed by atoms with Crippen molar-refractivity contribution in [3.63, 3.8) is 0 Å². The number of amides is 1. The summed E-state index contributed by atoms with van der Waals surface area (Å²) in [6.07, 6.45) is 7.11. The summed E-state index contributed by atoms with van der Waals surface area (Å²) in [5.41, 5.74) is 0. The SMILES string of the molecule is CC1CCCCCN1C(=O)[C@@H]1CCCN1. The number of hydrogen-bond acceptors (Lipinski definition) is 2. The number of carbonyl (C=O) groups is 1. The number of rotatable bonds is 1. The van der Waals surface area contributed by atoms with Crippen LogP contribution in [0, 0.1) is 0 Å². The van der Waals surface area contributed by atoms with Crippen molar-refractivity contribution in [3.8, 4) is 0 Å². The maximum atomic E-state index is 12.2. The first-order valence-corrected chi connectivity index (χ1v) is 6.33. The van der Waals surface area contributed by atoms with E-state index in [9.17, 15) is 4.79 Å². The fourth-order valence-electron chi connectivity index (χ4n) is 2.70. The van der Waals surface area contributed by atoms with Crippen LogP contribution in [0.15, 0.2) is 0 Å². The van der Waals surface area contributed by atoms with Crippen LogP contribution in [0.2, 0.25) is 0 Å². The molecule has 15 heavy (non-hydrogen) atoms. The lowest BCUT2D eigenvalue weighted by molar-refractivity contribution is -0.135. The summed E-state index contributed by atoms with van der Waals surface area (Å²) in [5.74, 6) is 0.349. The minimum atomic E-state index is 0.116. The molecule has 0 bridgehead atoms.